The highest BCUT2D eigenvalue weighted by Gasteiger charge is 2.39. The van der Waals surface area contributed by atoms with Crippen molar-refractivity contribution in [1.82, 2.24) is 0 Å². The lowest BCUT2D eigenvalue weighted by Gasteiger charge is -2.25. The van der Waals surface area contributed by atoms with Gasteiger partial charge in [-0.25, -0.2) is 9.59 Å². The van der Waals surface area contributed by atoms with Crippen LogP contribution in [-0.2, 0) is 30.4 Å². The summed E-state index contributed by atoms with van der Waals surface area (Å²) < 4.78 is 29.0. The fraction of sp³-hybridized carbons (Fsp3) is 0.324. The normalized spacial score (nSPS) is 15.1. The Morgan fingerprint density at radius 3 is 2.35 bits per heavy atom. The molecule has 1 amide bonds. The van der Waals surface area contributed by atoms with Gasteiger partial charge in [-0.1, -0.05) is 60.7 Å². The molecule has 4 aromatic rings. The Bertz CT molecular complexity index is 1620. The zero-order chi connectivity index (χ0) is 30.7. The van der Waals surface area contributed by atoms with Crippen LogP contribution in [0.4, 0.5) is 10.5 Å². The van der Waals surface area contributed by atoms with Crippen LogP contribution in [0, 0.1) is 6.92 Å². The van der Waals surface area contributed by atoms with E-state index in [9.17, 15) is 14.4 Å². The summed E-state index contributed by atoms with van der Waals surface area (Å²) in [5, 5.41) is 0.785. The molecule has 1 aromatic heterocycles. The second kappa shape index (κ2) is 12.2. The second-order valence-corrected chi connectivity index (χ2v) is 11.5. The lowest BCUT2D eigenvalue weighted by atomic mass is 9.96. The van der Waals surface area contributed by atoms with Crippen molar-refractivity contribution in [3.05, 3.63) is 95.2 Å². The molecule has 5 rings (SSSR count). The summed E-state index contributed by atoms with van der Waals surface area (Å²) in [6.45, 7) is 9.00. The third kappa shape index (κ3) is 6.66. The summed E-state index contributed by atoms with van der Waals surface area (Å²) in [4.78, 5) is 40.1. The van der Waals surface area contributed by atoms with Gasteiger partial charge in [0.2, 0.25) is 6.10 Å². The smallest absolute Gasteiger partial charge is 0.414 e. The van der Waals surface area contributed by atoms with Gasteiger partial charge in [0, 0.05) is 36.4 Å². The van der Waals surface area contributed by atoms with Crippen molar-refractivity contribution in [2.24, 2.45) is 0 Å². The highest BCUT2D eigenvalue weighted by molar-refractivity contribution is 6.01. The van der Waals surface area contributed by atoms with E-state index in [2.05, 4.69) is 0 Å². The van der Waals surface area contributed by atoms with Gasteiger partial charge in [-0.2, -0.15) is 0 Å². The van der Waals surface area contributed by atoms with E-state index in [-0.39, 0.29) is 13.2 Å². The van der Waals surface area contributed by atoms with Gasteiger partial charge in [-0.05, 0) is 44.4 Å². The fourth-order valence-corrected chi connectivity index (χ4v) is 5.18. The first-order valence-electron chi connectivity index (χ1n) is 14.1. The van der Waals surface area contributed by atoms with Gasteiger partial charge >= 0.3 is 18.0 Å². The molecule has 9 heteroatoms. The number of amides is 1. The van der Waals surface area contributed by atoms with Crippen molar-refractivity contribution in [2.75, 3.05) is 18.1 Å². The molecule has 0 saturated heterocycles. The van der Waals surface area contributed by atoms with Gasteiger partial charge in [0.1, 0.15) is 18.8 Å². The molecule has 9 nitrogen and oxygen atoms in total. The summed E-state index contributed by atoms with van der Waals surface area (Å²) in [6, 6.07) is 20.2. The number of rotatable bonds is 8. The molecule has 3 aromatic carbocycles. The lowest BCUT2D eigenvalue weighted by Crippen LogP contribution is -2.36. The maximum atomic E-state index is 13.4. The number of nitrogens with zero attached hydrogens (tertiary/aromatic N) is 1. The number of aryl methyl sites for hydroxylation is 1. The van der Waals surface area contributed by atoms with Gasteiger partial charge in [0.05, 0.1) is 12.0 Å². The van der Waals surface area contributed by atoms with Crippen LogP contribution in [-0.4, -0.2) is 36.8 Å². The first-order valence-corrected chi connectivity index (χ1v) is 14.1. The van der Waals surface area contributed by atoms with Gasteiger partial charge in [0.15, 0.2) is 11.3 Å². The van der Waals surface area contributed by atoms with E-state index in [4.69, 9.17) is 23.4 Å². The van der Waals surface area contributed by atoms with E-state index in [1.807, 2.05) is 37.3 Å². The minimum atomic E-state index is -1.22. The Labute approximate surface area is 250 Å². The first-order chi connectivity index (χ1) is 20.5. The van der Waals surface area contributed by atoms with E-state index in [0.29, 0.717) is 29.2 Å². The van der Waals surface area contributed by atoms with Crippen molar-refractivity contribution >= 4 is 34.7 Å². The average molecular weight is 586 g/mol. The van der Waals surface area contributed by atoms with Crippen molar-refractivity contribution < 1.29 is 37.7 Å². The maximum Gasteiger partial charge on any atom is 0.414 e. The number of furan rings is 1. The fourth-order valence-electron chi connectivity index (χ4n) is 5.18. The Hall–Kier alpha value is -4.79. The average Bonchev–Trinajstić information content (AvgIpc) is 3.53. The number of carbonyl (C=O) groups is 3. The highest BCUT2D eigenvalue weighted by atomic mass is 16.6. The molecule has 0 aliphatic carbocycles. The lowest BCUT2D eigenvalue weighted by molar-refractivity contribution is -0.167. The van der Waals surface area contributed by atoms with Crippen LogP contribution in [0.2, 0.25) is 0 Å². The summed E-state index contributed by atoms with van der Waals surface area (Å²) in [7, 11) is 0. The Morgan fingerprint density at radius 1 is 1.02 bits per heavy atom. The van der Waals surface area contributed by atoms with E-state index >= 15 is 0 Å². The van der Waals surface area contributed by atoms with Crippen LogP contribution in [0.25, 0.3) is 11.0 Å². The van der Waals surface area contributed by atoms with E-state index < -0.39 is 35.7 Å². The molecule has 2 atom stereocenters. The van der Waals surface area contributed by atoms with Crippen LogP contribution in [0.1, 0.15) is 62.0 Å². The molecule has 224 valence electrons. The maximum absolute atomic E-state index is 13.4. The Balaban J connectivity index is 1.49. The molecule has 1 aliphatic heterocycles. The van der Waals surface area contributed by atoms with Crippen LogP contribution in [0.15, 0.2) is 77.4 Å². The molecule has 0 unspecified atom stereocenters. The third-order valence-electron chi connectivity index (χ3n) is 6.99. The molecule has 1 aliphatic rings. The predicted octanol–water partition coefficient (Wildman–Crippen LogP) is 7.01. The van der Waals surface area contributed by atoms with Crippen molar-refractivity contribution in [3.63, 3.8) is 0 Å². The number of hydrogen-bond donors (Lipinski definition) is 0. The minimum absolute atomic E-state index is 0.0698. The van der Waals surface area contributed by atoms with Gasteiger partial charge < -0.3 is 23.4 Å². The van der Waals surface area contributed by atoms with Crippen LogP contribution in [0.3, 0.4) is 0 Å². The second-order valence-electron chi connectivity index (χ2n) is 11.5. The van der Waals surface area contributed by atoms with Crippen molar-refractivity contribution in [2.45, 2.75) is 58.8 Å². The number of fused-ring (bicyclic) bond motifs is 3. The largest absolute Gasteiger partial charge is 0.485 e. The first kappa shape index (κ1) is 29.7. The molecule has 0 spiro atoms. The summed E-state index contributed by atoms with van der Waals surface area (Å²) in [6.07, 6.45) is -0.101. The third-order valence-corrected chi connectivity index (χ3v) is 6.99. The minimum Gasteiger partial charge on any atom is -0.485 e. The monoisotopic (exact) mass is 585 g/mol. The highest BCUT2D eigenvalue weighted by Crippen LogP contribution is 2.47. The van der Waals surface area contributed by atoms with Crippen LogP contribution >= 0.6 is 0 Å². The number of hydrogen-bond acceptors (Lipinski definition) is 8. The van der Waals surface area contributed by atoms with Gasteiger partial charge in [-0.3, -0.25) is 9.69 Å². The van der Waals surface area contributed by atoms with Crippen LogP contribution < -0.4 is 9.64 Å². The SMILES string of the molecule is CC(=O)O[C@@H](C(=O)OC[C@@H]1CN(C(=O)OC(C)(C)C)c2cc(OCc3ccccc3)c3occ(C)c3c21)c1ccccc1. The standard InChI is InChI=1S/C34H35NO8/c1-21-18-40-31-27(39-19-23-12-8-6-9-13-23)16-26-29(28(21)31)25(17-35(26)33(38)43-34(3,4)5)20-41-32(37)30(42-22(2)36)24-14-10-7-11-15-24/h6-16,18,25,30H,17,19-20H2,1-5H3/t25-,30+/m0/s1. The number of carbonyl (C=O) groups excluding carboxylic acids is 3. The molecular weight excluding hydrogens is 550 g/mol. The topological polar surface area (TPSA) is 105 Å². The molecule has 0 bridgehead atoms. The predicted molar refractivity (Wildman–Crippen MR) is 160 cm³/mol. The van der Waals surface area contributed by atoms with Gasteiger partial charge in [0.25, 0.3) is 0 Å². The number of esters is 2. The van der Waals surface area contributed by atoms with Gasteiger partial charge in [-0.15, -0.1) is 0 Å². The van der Waals surface area contributed by atoms with Crippen LogP contribution in [0.5, 0.6) is 5.75 Å². The zero-order valence-corrected chi connectivity index (χ0v) is 24.9. The van der Waals surface area contributed by atoms with Crippen molar-refractivity contribution in [1.29, 1.82) is 0 Å². The van der Waals surface area contributed by atoms with E-state index in [1.165, 1.54) is 6.92 Å². The summed E-state index contributed by atoms with van der Waals surface area (Å²) in [5.74, 6) is -1.24. The quantitative estimate of drug-likeness (QED) is 0.161. The molecule has 2 heterocycles. The van der Waals surface area contributed by atoms with E-state index in [0.717, 1.165) is 22.1 Å². The summed E-state index contributed by atoms with van der Waals surface area (Å²) in [5.41, 5.74) is 3.52. The molecule has 0 saturated carbocycles. The molecule has 43 heavy (non-hydrogen) atoms. The number of ether oxygens (including phenoxy) is 4. The summed E-state index contributed by atoms with van der Waals surface area (Å²) >= 11 is 0. The number of benzene rings is 3. The number of anilines is 1. The zero-order valence-electron chi connectivity index (χ0n) is 24.9. The molecule has 0 radical (unpaired) electrons. The Kier molecular flexibility index (Phi) is 8.43. The van der Waals surface area contributed by atoms with Crippen molar-refractivity contribution in [3.8, 4) is 5.75 Å². The van der Waals surface area contributed by atoms with E-state index in [1.54, 1.807) is 68.3 Å². The molecule has 0 fully saturated rings. The molecule has 0 N–H and O–H groups in total. The molecular formula is C34H35NO8. The Morgan fingerprint density at radius 2 is 1.70 bits per heavy atom.